The van der Waals surface area contributed by atoms with Gasteiger partial charge in [-0.15, -0.1) is 0 Å². The molecule has 112 valence electrons. The lowest BCUT2D eigenvalue weighted by atomic mass is 10.0. The van der Waals surface area contributed by atoms with Crippen LogP contribution in [0.25, 0.3) is 0 Å². The SMILES string of the molecule is CCN(CC1CCCO1)c1ncnc(NN)c1C(C)C. The lowest BCUT2D eigenvalue weighted by molar-refractivity contribution is 0.115. The van der Waals surface area contributed by atoms with Crippen LogP contribution in [0.15, 0.2) is 6.33 Å². The van der Waals surface area contributed by atoms with Gasteiger partial charge in [0, 0.05) is 25.3 Å². The smallest absolute Gasteiger partial charge is 0.148 e. The number of nitrogens with zero attached hydrogens (tertiary/aromatic N) is 3. The van der Waals surface area contributed by atoms with Gasteiger partial charge in [-0.2, -0.15) is 0 Å². The van der Waals surface area contributed by atoms with E-state index >= 15 is 0 Å². The molecule has 2 heterocycles. The monoisotopic (exact) mass is 279 g/mol. The van der Waals surface area contributed by atoms with Crippen LogP contribution in [0.4, 0.5) is 11.6 Å². The summed E-state index contributed by atoms with van der Waals surface area (Å²) in [5.41, 5.74) is 3.75. The van der Waals surface area contributed by atoms with Gasteiger partial charge >= 0.3 is 0 Å². The van der Waals surface area contributed by atoms with Crippen LogP contribution >= 0.6 is 0 Å². The van der Waals surface area contributed by atoms with Crippen molar-refractivity contribution >= 4 is 11.6 Å². The van der Waals surface area contributed by atoms with Gasteiger partial charge in [0.15, 0.2) is 0 Å². The predicted octanol–water partition coefficient (Wildman–Crippen LogP) is 1.89. The van der Waals surface area contributed by atoms with E-state index in [0.29, 0.717) is 17.8 Å². The number of rotatable bonds is 6. The molecule has 0 amide bonds. The van der Waals surface area contributed by atoms with Crippen molar-refractivity contribution in [3.8, 4) is 0 Å². The maximum Gasteiger partial charge on any atom is 0.148 e. The summed E-state index contributed by atoms with van der Waals surface area (Å²) < 4.78 is 5.74. The summed E-state index contributed by atoms with van der Waals surface area (Å²) in [6, 6.07) is 0. The fourth-order valence-corrected chi connectivity index (χ4v) is 2.68. The van der Waals surface area contributed by atoms with Crippen LogP contribution in [0.3, 0.4) is 0 Å². The molecule has 0 aromatic carbocycles. The second-order valence-corrected chi connectivity index (χ2v) is 5.43. The minimum atomic E-state index is 0.302. The third-order valence-electron chi connectivity index (χ3n) is 3.71. The molecule has 6 heteroatoms. The number of nitrogens with one attached hydrogen (secondary N) is 1. The first-order valence-electron chi connectivity index (χ1n) is 7.35. The highest BCUT2D eigenvalue weighted by atomic mass is 16.5. The summed E-state index contributed by atoms with van der Waals surface area (Å²) >= 11 is 0. The molecule has 0 saturated carbocycles. The topological polar surface area (TPSA) is 76.3 Å². The molecule has 1 fully saturated rings. The quantitative estimate of drug-likeness (QED) is 0.612. The highest BCUT2D eigenvalue weighted by molar-refractivity contribution is 5.59. The van der Waals surface area contributed by atoms with Crippen molar-refractivity contribution in [2.24, 2.45) is 5.84 Å². The van der Waals surface area contributed by atoms with Crippen molar-refractivity contribution in [3.63, 3.8) is 0 Å². The summed E-state index contributed by atoms with van der Waals surface area (Å²) in [6.45, 7) is 9.03. The summed E-state index contributed by atoms with van der Waals surface area (Å²) in [5, 5.41) is 0. The van der Waals surface area contributed by atoms with Gasteiger partial charge in [-0.3, -0.25) is 0 Å². The number of ether oxygens (including phenoxy) is 1. The van der Waals surface area contributed by atoms with E-state index in [4.69, 9.17) is 10.6 Å². The highest BCUT2D eigenvalue weighted by Crippen LogP contribution is 2.31. The van der Waals surface area contributed by atoms with E-state index in [9.17, 15) is 0 Å². The van der Waals surface area contributed by atoms with Gasteiger partial charge in [0.25, 0.3) is 0 Å². The maximum absolute atomic E-state index is 5.74. The number of hydrazine groups is 1. The molecule has 3 N–H and O–H groups in total. The van der Waals surface area contributed by atoms with Crippen LogP contribution in [0.2, 0.25) is 0 Å². The summed E-state index contributed by atoms with van der Waals surface area (Å²) in [6.07, 6.45) is 4.15. The average molecular weight is 279 g/mol. The van der Waals surface area contributed by atoms with Crippen LogP contribution in [0, 0.1) is 0 Å². The third-order valence-corrected chi connectivity index (χ3v) is 3.71. The molecule has 0 bridgehead atoms. The zero-order valence-corrected chi connectivity index (χ0v) is 12.6. The summed E-state index contributed by atoms with van der Waals surface area (Å²) in [7, 11) is 0. The van der Waals surface area contributed by atoms with E-state index < -0.39 is 0 Å². The molecule has 6 nitrogen and oxygen atoms in total. The lowest BCUT2D eigenvalue weighted by Gasteiger charge is -2.28. The summed E-state index contributed by atoms with van der Waals surface area (Å²) in [4.78, 5) is 11.0. The second kappa shape index (κ2) is 6.85. The van der Waals surface area contributed by atoms with Crippen molar-refractivity contribution < 1.29 is 4.74 Å². The Kier molecular flexibility index (Phi) is 5.14. The van der Waals surface area contributed by atoms with E-state index in [1.165, 1.54) is 0 Å². The molecular weight excluding hydrogens is 254 g/mol. The fourth-order valence-electron chi connectivity index (χ4n) is 2.68. The normalized spacial score (nSPS) is 18.6. The average Bonchev–Trinajstić information content (AvgIpc) is 2.96. The Hall–Kier alpha value is -1.40. The minimum Gasteiger partial charge on any atom is -0.376 e. The standard InChI is InChI=1S/C14H25N5O/c1-4-19(8-11-6-5-7-20-11)14-12(10(2)3)13(18-15)16-9-17-14/h9-11H,4-8,15H2,1-3H3,(H,16,17,18). The summed E-state index contributed by atoms with van der Waals surface area (Å²) in [5.74, 6) is 7.54. The first-order valence-corrected chi connectivity index (χ1v) is 7.35. The molecule has 1 aromatic rings. The molecule has 1 unspecified atom stereocenters. The number of likely N-dealkylation sites (N-methyl/N-ethyl adjacent to an activating group) is 1. The van der Waals surface area contributed by atoms with Gasteiger partial charge in [0.2, 0.25) is 0 Å². The molecule has 0 aliphatic carbocycles. The molecule has 1 saturated heterocycles. The van der Waals surface area contributed by atoms with Crippen LogP contribution in [-0.4, -0.2) is 35.8 Å². The van der Waals surface area contributed by atoms with E-state index in [1.54, 1.807) is 6.33 Å². The van der Waals surface area contributed by atoms with E-state index in [-0.39, 0.29) is 0 Å². The molecule has 1 aromatic heterocycles. The number of hydrogen-bond acceptors (Lipinski definition) is 6. The van der Waals surface area contributed by atoms with E-state index in [0.717, 1.165) is 43.9 Å². The van der Waals surface area contributed by atoms with Gasteiger partial charge in [-0.25, -0.2) is 15.8 Å². The van der Waals surface area contributed by atoms with Crippen LogP contribution < -0.4 is 16.2 Å². The van der Waals surface area contributed by atoms with Gasteiger partial charge in [0.05, 0.1) is 6.10 Å². The third kappa shape index (κ3) is 3.19. The largest absolute Gasteiger partial charge is 0.376 e. The number of nitrogen functional groups attached to an aromatic ring is 1. The molecule has 2 rings (SSSR count). The molecular formula is C14H25N5O. The number of anilines is 2. The molecule has 1 atom stereocenters. The van der Waals surface area contributed by atoms with Crippen LogP contribution in [0.1, 0.15) is 45.1 Å². The first-order chi connectivity index (χ1) is 9.67. The molecule has 1 aliphatic rings. The fraction of sp³-hybridized carbons (Fsp3) is 0.714. The molecule has 20 heavy (non-hydrogen) atoms. The van der Waals surface area contributed by atoms with Gasteiger partial charge in [-0.05, 0) is 25.7 Å². The molecule has 1 aliphatic heterocycles. The number of hydrogen-bond donors (Lipinski definition) is 2. The molecule has 0 radical (unpaired) electrons. The Morgan fingerprint density at radius 1 is 1.50 bits per heavy atom. The first kappa shape index (κ1) is 15.0. The lowest BCUT2D eigenvalue weighted by Crippen LogP contribution is -2.34. The molecule has 0 spiro atoms. The Bertz CT molecular complexity index is 432. The number of nitrogens with two attached hydrogens (primary N) is 1. The van der Waals surface area contributed by atoms with Gasteiger partial charge < -0.3 is 15.1 Å². The van der Waals surface area contributed by atoms with Crippen molar-refractivity contribution in [1.29, 1.82) is 0 Å². The highest BCUT2D eigenvalue weighted by Gasteiger charge is 2.23. The Morgan fingerprint density at radius 2 is 2.30 bits per heavy atom. The maximum atomic E-state index is 5.74. The van der Waals surface area contributed by atoms with Crippen molar-refractivity contribution in [2.75, 3.05) is 30.0 Å². The van der Waals surface area contributed by atoms with Crippen molar-refractivity contribution in [3.05, 3.63) is 11.9 Å². The Labute approximate surface area is 120 Å². The van der Waals surface area contributed by atoms with Gasteiger partial charge in [-0.1, -0.05) is 13.8 Å². The second-order valence-electron chi connectivity index (χ2n) is 5.43. The zero-order valence-electron chi connectivity index (χ0n) is 12.6. The predicted molar refractivity (Wildman–Crippen MR) is 80.8 cm³/mol. The minimum absolute atomic E-state index is 0.302. The Balaban J connectivity index is 2.27. The van der Waals surface area contributed by atoms with Crippen LogP contribution in [0.5, 0.6) is 0 Å². The van der Waals surface area contributed by atoms with Crippen LogP contribution in [-0.2, 0) is 4.74 Å². The number of aromatic nitrogens is 2. The van der Waals surface area contributed by atoms with E-state index in [1.807, 2.05) is 0 Å². The van der Waals surface area contributed by atoms with E-state index in [2.05, 4.69) is 41.1 Å². The van der Waals surface area contributed by atoms with Crippen molar-refractivity contribution in [2.45, 2.75) is 45.6 Å². The Morgan fingerprint density at radius 3 is 2.85 bits per heavy atom. The van der Waals surface area contributed by atoms with Crippen molar-refractivity contribution in [1.82, 2.24) is 9.97 Å². The van der Waals surface area contributed by atoms with Gasteiger partial charge in [0.1, 0.15) is 18.0 Å². The zero-order chi connectivity index (χ0) is 14.5.